The molecule has 0 aromatic carbocycles. The molecule has 4 nitrogen and oxygen atoms in total. The Morgan fingerprint density at radius 3 is 2.91 bits per heavy atom. The largest absolute Gasteiger partial charge is 0.284 e. The van der Waals surface area contributed by atoms with Gasteiger partial charge in [-0.05, 0) is 24.3 Å². The Bertz CT molecular complexity index is 253. The maximum absolute atomic E-state index is 10.0. The molecule has 0 spiro atoms. The van der Waals surface area contributed by atoms with Crippen LogP contribution in [0.3, 0.4) is 0 Å². The predicted molar refractivity (Wildman–Crippen MR) is 40.4 cm³/mol. The van der Waals surface area contributed by atoms with E-state index in [0.717, 1.165) is 5.06 Å². The second kappa shape index (κ2) is 3.12. The summed E-state index contributed by atoms with van der Waals surface area (Å²) in [5.41, 5.74) is 0.663. The first-order valence-corrected chi connectivity index (χ1v) is 3.13. The fourth-order valence-electron chi connectivity index (χ4n) is 0.768. The highest BCUT2D eigenvalue weighted by atomic mass is 16.5. The van der Waals surface area contributed by atoms with Crippen molar-refractivity contribution < 1.29 is 5.21 Å². The zero-order valence-corrected chi connectivity index (χ0v) is 6.06. The monoisotopic (exact) mass is 152 g/mol. The number of allylic oxidation sites excluding steroid dienone is 4. The van der Waals surface area contributed by atoms with Crippen molar-refractivity contribution in [2.24, 2.45) is 5.18 Å². The summed E-state index contributed by atoms with van der Waals surface area (Å²) in [4.78, 5) is 10.0. The zero-order chi connectivity index (χ0) is 8.27. The Morgan fingerprint density at radius 1 is 1.64 bits per heavy atom. The number of hydrogen-bond donors (Lipinski definition) is 1. The molecule has 1 heterocycles. The van der Waals surface area contributed by atoms with E-state index < -0.39 is 0 Å². The van der Waals surface area contributed by atoms with E-state index >= 15 is 0 Å². The first-order valence-electron chi connectivity index (χ1n) is 3.13. The summed E-state index contributed by atoms with van der Waals surface area (Å²) < 4.78 is 0. The molecule has 0 unspecified atom stereocenters. The van der Waals surface area contributed by atoms with Crippen molar-refractivity contribution in [2.75, 3.05) is 0 Å². The van der Waals surface area contributed by atoms with Gasteiger partial charge in [-0.2, -0.15) is 0 Å². The number of hydrogen-bond acceptors (Lipinski definition) is 4. The first-order chi connectivity index (χ1) is 5.25. The van der Waals surface area contributed by atoms with Crippen LogP contribution in [0.1, 0.15) is 6.92 Å². The molecular formula is C7H8N2O2. The van der Waals surface area contributed by atoms with Crippen LogP contribution in [0.25, 0.3) is 0 Å². The highest BCUT2D eigenvalue weighted by Gasteiger charge is 2.06. The summed E-state index contributed by atoms with van der Waals surface area (Å²) >= 11 is 0. The Morgan fingerprint density at radius 2 is 2.36 bits per heavy atom. The van der Waals surface area contributed by atoms with Crippen molar-refractivity contribution >= 4 is 0 Å². The Kier molecular flexibility index (Phi) is 2.18. The van der Waals surface area contributed by atoms with Crippen LogP contribution in [0.2, 0.25) is 0 Å². The van der Waals surface area contributed by atoms with E-state index in [2.05, 4.69) is 5.18 Å². The summed E-state index contributed by atoms with van der Waals surface area (Å²) in [5, 5.41) is 12.7. The van der Waals surface area contributed by atoms with Crippen LogP contribution < -0.4 is 0 Å². The third-order valence-electron chi connectivity index (χ3n) is 1.35. The van der Waals surface area contributed by atoms with E-state index in [0.29, 0.717) is 5.70 Å². The van der Waals surface area contributed by atoms with Crippen LogP contribution in [0.5, 0.6) is 0 Å². The molecule has 0 fully saturated rings. The van der Waals surface area contributed by atoms with E-state index in [-0.39, 0.29) is 5.70 Å². The van der Waals surface area contributed by atoms with Gasteiger partial charge in [0.25, 0.3) is 0 Å². The van der Waals surface area contributed by atoms with Gasteiger partial charge in [0.1, 0.15) is 5.70 Å². The highest BCUT2D eigenvalue weighted by molar-refractivity contribution is 5.29. The summed E-state index contributed by atoms with van der Waals surface area (Å²) in [6, 6.07) is 0. The molecular weight excluding hydrogens is 144 g/mol. The maximum Gasteiger partial charge on any atom is 0.108 e. The Labute approximate surface area is 64.1 Å². The van der Waals surface area contributed by atoms with E-state index in [9.17, 15) is 4.91 Å². The minimum absolute atomic E-state index is 0.258. The predicted octanol–water partition coefficient (Wildman–Crippen LogP) is 1.76. The molecule has 0 saturated carbocycles. The molecule has 0 bridgehead atoms. The maximum atomic E-state index is 10.0. The van der Waals surface area contributed by atoms with Gasteiger partial charge in [0, 0.05) is 6.20 Å². The van der Waals surface area contributed by atoms with Gasteiger partial charge >= 0.3 is 0 Å². The van der Waals surface area contributed by atoms with E-state index in [1.54, 1.807) is 18.2 Å². The lowest BCUT2D eigenvalue weighted by Gasteiger charge is -2.15. The van der Waals surface area contributed by atoms with Gasteiger partial charge in [-0.25, -0.2) is 5.06 Å². The molecule has 0 aliphatic carbocycles. The minimum atomic E-state index is 0.258. The molecule has 4 heteroatoms. The highest BCUT2D eigenvalue weighted by Crippen LogP contribution is 2.14. The van der Waals surface area contributed by atoms with Crippen LogP contribution >= 0.6 is 0 Å². The molecule has 0 radical (unpaired) electrons. The van der Waals surface area contributed by atoms with Crippen molar-refractivity contribution in [1.82, 2.24) is 5.06 Å². The SMILES string of the molecule is C/C(N=O)=C1\C=CC=CN1O. The second-order valence-electron chi connectivity index (χ2n) is 2.11. The smallest absolute Gasteiger partial charge is 0.108 e. The first kappa shape index (κ1) is 7.68. The van der Waals surface area contributed by atoms with Crippen LogP contribution in [0.15, 0.2) is 41.0 Å². The summed E-state index contributed by atoms with van der Waals surface area (Å²) in [7, 11) is 0. The van der Waals surface area contributed by atoms with Crippen LogP contribution in [0, 0.1) is 4.91 Å². The molecule has 0 aromatic heterocycles. The van der Waals surface area contributed by atoms with Crippen molar-refractivity contribution in [3.8, 4) is 0 Å². The number of nitrogens with zero attached hydrogens (tertiary/aromatic N) is 2. The fourth-order valence-corrected chi connectivity index (χ4v) is 0.768. The molecule has 0 amide bonds. The van der Waals surface area contributed by atoms with Gasteiger partial charge < -0.3 is 0 Å². The zero-order valence-electron chi connectivity index (χ0n) is 6.06. The van der Waals surface area contributed by atoms with Gasteiger partial charge in [0.15, 0.2) is 0 Å². The van der Waals surface area contributed by atoms with Crippen LogP contribution in [0.4, 0.5) is 0 Å². The van der Waals surface area contributed by atoms with Crippen molar-refractivity contribution in [3.63, 3.8) is 0 Å². The molecule has 58 valence electrons. The van der Waals surface area contributed by atoms with Gasteiger partial charge in [-0.1, -0.05) is 6.08 Å². The van der Waals surface area contributed by atoms with Crippen LogP contribution in [-0.2, 0) is 0 Å². The molecule has 1 aliphatic heterocycles. The quantitative estimate of drug-likeness (QED) is 0.582. The molecule has 1 rings (SSSR count). The molecule has 1 N–H and O–H groups in total. The van der Waals surface area contributed by atoms with Gasteiger partial charge in [0.05, 0.1) is 5.70 Å². The summed E-state index contributed by atoms with van der Waals surface area (Å²) in [6.07, 6.45) is 6.42. The van der Waals surface area contributed by atoms with Crippen molar-refractivity contribution in [3.05, 3.63) is 40.7 Å². The van der Waals surface area contributed by atoms with Gasteiger partial charge in [-0.3, -0.25) is 5.21 Å². The molecule has 1 aliphatic rings. The van der Waals surface area contributed by atoms with Gasteiger partial charge in [0.2, 0.25) is 0 Å². The second-order valence-corrected chi connectivity index (χ2v) is 2.11. The number of nitroso groups, excluding NO2 is 1. The molecule has 0 saturated heterocycles. The lowest BCUT2D eigenvalue weighted by atomic mass is 10.2. The third kappa shape index (κ3) is 1.53. The summed E-state index contributed by atoms with van der Waals surface area (Å²) in [5.74, 6) is 0. The Balaban J connectivity index is 2.97. The lowest BCUT2D eigenvalue weighted by molar-refractivity contribution is -0.00144. The summed E-state index contributed by atoms with van der Waals surface area (Å²) in [6.45, 7) is 1.54. The fraction of sp³-hybridized carbons (Fsp3) is 0.143. The number of rotatable bonds is 1. The Hall–Kier alpha value is -1.42. The topological polar surface area (TPSA) is 52.9 Å². The van der Waals surface area contributed by atoms with Crippen molar-refractivity contribution in [2.45, 2.75) is 6.92 Å². The lowest BCUT2D eigenvalue weighted by Crippen LogP contribution is -2.12. The third-order valence-corrected chi connectivity index (χ3v) is 1.35. The average molecular weight is 152 g/mol. The molecule has 0 atom stereocenters. The van der Waals surface area contributed by atoms with Crippen LogP contribution in [-0.4, -0.2) is 10.3 Å². The van der Waals surface area contributed by atoms with E-state index in [1.807, 2.05) is 0 Å². The average Bonchev–Trinajstić information content (AvgIpc) is 2.04. The molecule has 0 aromatic rings. The standard InChI is InChI=1S/C7H8N2O2/c1-6(8-10)7-4-2-3-5-9(7)11/h2-5,11H,1H3/b7-6-. The number of hydroxylamine groups is 2. The van der Waals surface area contributed by atoms with Gasteiger partial charge in [-0.15, -0.1) is 4.91 Å². The minimum Gasteiger partial charge on any atom is -0.284 e. The van der Waals surface area contributed by atoms with Crippen molar-refractivity contribution in [1.29, 1.82) is 0 Å². The normalized spacial score (nSPS) is 20.4. The van der Waals surface area contributed by atoms with E-state index in [1.165, 1.54) is 13.1 Å². The van der Waals surface area contributed by atoms with E-state index in [4.69, 9.17) is 5.21 Å². The molecule has 11 heavy (non-hydrogen) atoms.